The third-order valence-electron chi connectivity index (χ3n) is 6.16. The molecule has 208 valence electrons. The quantitative estimate of drug-likeness (QED) is 0.204. The zero-order valence-electron chi connectivity index (χ0n) is 23.3. The summed E-state index contributed by atoms with van der Waals surface area (Å²) in [6.07, 6.45) is 11.8. The first-order chi connectivity index (χ1) is 18.4. The number of carbonyl (C=O) groups excluding carboxylic acids is 1. The molecule has 0 atom stereocenters. The van der Waals surface area contributed by atoms with E-state index >= 15 is 0 Å². The topological polar surface area (TPSA) is 99.0 Å². The predicted molar refractivity (Wildman–Crippen MR) is 156 cm³/mol. The number of methoxy groups -OCH3 is 2. The van der Waals surface area contributed by atoms with Gasteiger partial charge >= 0.3 is 0 Å². The standard InChI is InChI=1S/C29H43N5O4/c1-23(32-24(2)29(36)31-13-10-16-33-14-7-6-8-15-33)19-25(11-9-12-30-3)34(17-18-35)26-20-27(37-4)22-28(21-26)38-5/h9,11-12,19-22,35H,3,6-8,10,13-18H2,1-2,4-5H3,(H,31,36)/b12-9+,23-19+,25-11+,32-24?. The van der Waals surface area contributed by atoms with Crippen LogP contribution in [0, 0.1) is 0 Å². The van der Waals surface area contributed by atoms with Gasteiger partial charge in [-0.15, -0.1) is 0 Å². The normalized spacial score (nSPS) is 15.4. The second-order valence-corrected chi connectivity index (χ2v) is 9.06. The highest BCUT2D eigenvalue weighted by Crippen LogP contribution is 2.31. The maximum Gasteiger partial charge on any atom is 0.265 e. The number of nitrogens with zero attached hydrogens (tertiary/aromatic N) is 4. The average molecular weight is 526 g/mol. The summed E-state index contributed by atoms with van der Waals surface area (Å²) in [4.78, 5) is 25.3. The highest BCUT2D eigenvalue weighted by atomic mass is 16.5. The molecule has 1 heterocycles. The van der Waals surface area contributed by atoms with Crippen LogP contribution in [0.25, 0.3) is 0 Å². The van der Waals surface area contributed by atoms with E-state index in [0.717, 1.165) is 37.4 Å². The predicted octanol–water partition coefficient (Wildman–Crippen LogP) is 3.96. The van der Waals surface area contributed by atoms with Crippen LogP contribution < -0.4 is 19.7 Å². The minimum atomic E-state index is -0.178. The third kappa shape index (κ3) is 10.5. The van der Waals surface area contributed by atoms with Gasteiger partial charge in [0.2, 0.25) is 0 Å². The highest BCUT2D eigenvalue weighted by molar-refractivity contribution is 6.38. The Hall–Kier alpha value is -3.43. The van der Waals surface area contributed by atoms with E-state index in [4.69, 9.17) is 9.47 Å². The zero-order valence-corrected chi connectivity index (χ0v) is 23.3. The molecular formula is C29H43N5O4. The van der Waals surface area contributed by atoms with E-state index in [2.05, 4.69) is 26.9 Å². The van der Waals surface area contributed by atoms with E-state index in [1.54, 1.807) is 39.5 Å². The van der Waals surface area contributed by atoms with Crippen LogP contribution in [-0.2, 0) is 4.79 Å². The van der Waals surface area contributed by atoms with Gasteiger partial charge < -0.3 is 29.7 Å². The van der Waals surface area contributed by atoms with Crippen LogP contribution in [0.5, 0.6) is 11.5 Å². The Labute approximate surface area is 227 Å². The smallest absolute Gasteiger partial charge is 0.265 e. The minimum absolute atomic E-state index is 0.0880. The minimum Gasteiger partial charge on any atom is -0.497 e. The van der Waals surface area contributed by atoms with Crippen LogP contribution in [0.3, 0.4) is 0 Å². The summed E-state index contributed by atoms with van der Waals surface area (Å²) in [5, 5.41) is 12.8. The Kier molecular flexibility index (Phi) is 13.9. The number of aliphatic hydroxyl groups is 1. The van der Waals surface area contributed by atoms with Crippen molar-refractivity contribution in [1.29, 1.82) is 0 Å². The van der Waals surface area contributed by atoms with Crippen LogP contribution in [0.2, 0.25) is 0 Å². The van der Waals surface area contributed by atoms with Crippen LogP contribution in [0.15, 0.2) is 64.0 Å². The van der Waals surface area contributed by atoms with Gasteiger partial charge in [0, 0.05) is 54.6 Å². The SMILES string of the molecule is C=N/C=C/C=C(\C=C(/C)N=C(C)C(=O)NCCCN1CCCCC1)N(CCO)c1cc(OC)cc(OC)c1. The molecule has 38 heavy (non-hydrogen) atoms. The molecule has 9 nitrogen and oxygen atoms in total. The largest absolute Gasteiger partial charge is 0.497 e. The first-order valence-corrected chi connectivity index (χ1v) is 13.1. The molecule has 0 spiro atoms. The Bertz CT molecular complexity index is 1000. The lowest BCUT2D eigenvalue weighted by molar-refractivity contribution is -0.114. The summed E-state index contributed by atoms with van der Waals surface area (Å²) in [6, 6.07) is 5.50. The van der Waals surface area contributed by atoms with Gasteiger partial charge in [-0.3, -0.25) is 14.8 Å². The number of aliphatic hydroxyl groups excluding tert-OH is 1. The molecular weight excluding hydrogens is 482 g/mol. The van der Waals surface area contributed by atoms with Crippen molar-refractivity contribution in [3.8, 4) is 11.5 Å². The van der Waals surface area contributed by atoms with Crippen LogP contribution in [0.4, 0.5) is 5.69 Å². The second-order valence-electron chi connectivity index (χ2n) is 9.06. The molecule has 1 amide bonds. The number of hydrogen-bond donors (Lipinski definition) is 2. The number of carbonyl (C=O) groups is 1. The van der Waals surface area contributed by atoms with Gasteiger partial charge in [0.15, 0.2) is 0 Å². The van der Waals surface area contributed by atoms with Gasteiger partial charge in [0.05, 0.1) is 20.8 Å². The van der Waals surface area contributed by atoms with Gasteiger partial charge in [-0.2, -0.15) is 0 Å². The lowest BCUT2D eigenvalue weighted by Gasteiger charge is -2.26. The molecule has 0 saturated carbocycles. The van der Waals surface area contributed by atoms with E-state index in [1.165, 1.54) is 19.3 Å². The Morgan fingerprint density at radius 3 is 2.45 bits per heavy atom. The van der Waals surface area contributed by atoms with Crippen molar-refractivity contribution in [2.45, 2.75) is 39.5 Å². The third-order valence-corrected chi connectivity index (χ3v) is 6.16. The van der Waals surface area contributed by atoms with Gasteiger partial charge in [-0.25, -0.2) is 0 Å². The molecule has 0 bridgehead atoms. The molecule has 0 unspecified atom stereocenters. The number of ether oxygens (including phenoxy) is 2. The number of benzene rings is 1. The van der Waals surface area contributed by atoms with Crippen LogP contribution >= 0.6 is 0 Å². The molecule has 1 fully saturated rings. The van der Waals surface area contributed by atoms with Gasteiger partial charge in [-0.05, 0) is 77.7 Å². The first-order valence-electron chi connectivity index (χ1n) is 13.1. The molecule has 2 N–H and O–H groups in total. The number of amides is 1. The van der Waals surface area contributed by atoms with Gasteiger partial charge in [0.1, 0.15) is 17.2 Å². The summed E-state index contributed by atoms with van der Waals surface area (Å²) in [6.45, 7) is 11.2. The molecule has 1 aromatic rings. The summed E-state index contributed by atoms with van der Waals surface area (Å²) in [5.74, 6) is 1.07. The summed E-state index contributed by atoms with van der Waals surface area (Å²) in [7, 11) is 3.18. The molecule has 0 radical (unpaired) electrons. The lowest BCUT2D eigenvalue weighted by Crippen LogP contribution is -2.35. The highest BCUT2D eigenvalue weighted by Gasteiger charge is 2.14. The van der Waals surface area contributed by atoms with Crippen molar-refractivity contribution in [1.82, 2.24) is 10.2 Å². The zero-order chi connectivity index (χ0) is 27.8. The molecule has 2 rings (SSSR count). The molecule has 1 aromatic carbocycles. The van der Waals surface area contributed by atoms with Crippen molar-refractivity contribution < 1.29 is 19.4 Å². The maximum atomic E-state index is 12.6. The molecule has 9 heteroatoms. The summed E-state index contributed by atoms with van der Waals surface area (Å²) in [5.41, 5.74) is 2.51. The number of aliphatic imine (C=N–C) groups is 2. The molecule has 0 aromatic heterocycles. The first kappa shape index (κ1) is 30.8. The number of hydrogen-bond acceptors (Lipinski definition) is 8. The second kappa shape index (κ2) is 17.1. The maximum absolute atomic E-state index is 12.6. The number of rotatable bonds is 15. The van der Waals surface area contributed by atoms with E-state index < -0.39 is 0 Å². The van der Waals surface area contributed by atoms with Crippen LogP contribution in [-0.4, -0.2) is 81.9 Å². The number of likely N-dealkylation sites (tertiary alicyclic amines) is 1. The van der Waals surface area contributed by atoms with E-state index in [9.17, 15) is 9.90 Å². The summed E-state index contributed by atoms with van der Waals surface area (Å²) < 4.78 is 10.9. The fourth-order valence-corrected chi connectivity index (χ4v) is 4.25. The van der Waals surface area contributed by atoms with Crippen LogP contribution in [0.1, 0.15) is 39.5 Å². The lowest BCUT2D eigenvalue weighted by atomic mass is 10.1. The monoisotopic (exact) mass is 525 g/mol. The van der Waals surface area contributed by atoms with Crippen molar-refractivity contribution in [3.05, 3.63) is 54.0 Å². The Morgan fingerprint density at radius 2 is 1.84 bits per heavy atom. The molecule has 0 aliphatic carbocycles. The molecule has 1 aliphatic rings. The fraction of sp³-hybridized carbons (Fsp3) is 0.483. The van der Waals surface area contributed by atoms with Crippen molar-refractivity contribution in [2.24, 2.45) is 9.98 Å². The molecule has 1 saturated heterocycles. The molecule has 1 aliphatic heterocycles. The average Bonchev–Trinajstić information content (AvgIpc) is 2.93. The van der Waals surface area contributed by atoms with Gasteiger partial charge in [0.25, 0.3) is 5.91 Å². The number of allylic oxidation sites excluding steroid dienone is 4. The van der Waals surface area contributed by atoms with Crippen molar-refractivity contribution >= 4 is 24.0 Å². The Morgan fingerprint density at radius 1 is 1.16 bits per heavy atom. The summed E-state index contributed by atoms with van der Waals surface area (Å²) >= 11 is 0. The van der Waals surface area contributed by atoms with E-state index in [0.29, 0.717) is 36.0 Å². The van der Waals surface area contributed by atoms with Crippen molar-refractivity contribution in [2.75, 3.05) is 58.5 Å². The fourth-order valence-electron chi connectivity index (χ4n) is 4.25. The van der Waals surface area contributed by atoms with Crippen molar-refractivity contribution in [3.63, 3.8) is 0 Å². The van der Waals surface area contributed by atoms with E-state index in [-0.39, 0.29) is 12.5 Å². The number of piperidine rings is 1. The Balaban J connectivity index is 2.20. The van der Waals surface area contributed by atoms with E-state index in [1.807, 2.05) is 36.1 Å². The number of nitrogens with one attached hydrogen (secondary N) is 1. The number of anilines is 1. The van der Waals surface area contributed by atoms with Gasteiger partial charge in [-0.1, -0.05) is 6.42 Å².